The van der Waals surface area contributed by atoms with Crippen LogP contribution < -0.4 is 0 Å². The normalized spacial score (nSPS) is 26.3. The molecule has 0 spiro atoms. The van der Waals surface area contributed by atoms with Gasteiger partial charge in [0.05, 0.1) is 18.4 Å². The van der Waals surface area contributed by atoms with E-state index in [1.165, 1.54) is 32.7 Å². The summed E-state index contributed by atoms with van der Waals surface area (Å²) in [7, 11) is 0. The molecule has 2 amide bonds. The van der Waals surface area contributed by atoms with Crippen molar-refractivity contribution in [1.29, 1.82) is 0 Å². The number of aryl methyl sites for hydroxylation is 1. The highest BCUT2D eigenvalue weighted by Gasteiger charge is 2.61. The van der Waals surface area contributed by atoms with E-state index in [4.69, 9.17) is 0 Å². The molecular weight excluding hydrogens is 358 g/mol. The fourth-order valence-electron chi connectivity index (χ4n) is 5.83. The van der Waals surface area contributed by atoms with Crippen molar-refractivity contribution in [3.8, 4) is 0 Å². The largest absolute Gasteiger partial charge is 0.278 e. The van der Waals surface area contributed by atoms with Crippen LogP contribution in [-0.2, 0) is 16.1 Å². The van der Waals surface area contributed by atoms with Gasteiger partial charge in [0.15, 0.2) is 0 Å². The Morgan fingerprint density at radius 1 is 0.690 bits per heavy atom. The second-order valence-electron chi connectivity index (χ2n) is 8.52. The molecule has 3 aromatic rings. The molecule has 3 aromatic carbocycles. The standard InChI is InChI=1S/C26H21NO2/c1-15-11-12-19-20(13-15)22-18-10-6-5-9-17(18)21(19)23-24(22)26(29)27(25(23)28)14-16-7-3-2-4-8-16/h2-13,21-24H,14H2,1H3. The van der Waals surface area contributed by atoms with Crippen LogP contribution in [0, 0.1) is 18.8 Å². The van der Waals surface area contributed by atoms with Crippen LogP contribution >= 0.6 is 0 Å². The summed E-state index contributed by atoms with van der Waals surface area (Å²) in [5.41, 5.74) is 7.09. The number of carbonyl (C=O) groups is 2. The van der Waals surface area contributed by atoms with E-state index in [1.54, 1.807) is 0 Å². The van der Waals surface area contributed by atoms with Gasteiger partial charge in [0.2, 0.25) is 11.8 Å². The molecule has 29 heavy (non-hydrogen) atoms. The predicted molar refractivity (Wildman–Crippen MR) is 110 cm³/mol. The monoisotopic (exact) mass is 379 g/mol. The fraction of sp³-hybridized carbons (Fsp3) is 0.231. The minimum absolute atomic E-state index is 0.0134. The summed E-state index contributed by atoms with van der Waals surface area (Å²) >= 11 is 0. The summed E-state index contributed by atoms with van der Waals surface area (Å²) in [6.45, 7) is 2.45. The average molecular weight is 379 g/mol. The molecule has 0 aromatic heterocycles. The Morgan fingerprint density at radius 3 is 1.90 bits per heavy atom. The topological polar surface area (TPSA) is 37.4 Å². The molecule has 3 heteroatoms. The van der Waals surface area contributed by atoms with Gasteiger partial charge in [-0.25, -0.2) is 0 Å². The molecule has 0 N–H and O–H groups in total. The first-order valence-electron chi connectivity index (χ1n) is 10.2. The number of likely N-dealkylation sites (tertiary alicyclic amines) is 1. The van der Waals surface area contributed by atoms with Crippen LogP contribution in [0.25, 0.3) is 0 Å². The van der Waals surface area contributed by atoms with E-state index >= 15 is 0 Å². The van der Waals surface area contributed by atoms with Crippen molar-refractivity contribution in [2.24, 2.45) is 11.8 Å². The molecular formula is C26H21NO2. The van der Waals surface area contributed by atoms with Crippen LogP contribution in [0.3, 0.4) is 0 Å². The summed E-state index contributed by atoms with van der Waals surface area (Å²) < 4.78 is 0. The Morgan fingerprint density at radius 2 is 1.24 bits per heavy atom. The van der Waals surface area contributed by atoms with E-state index in [0.29, 0.717) is 6.54 Å². The lowest BCUT2D eigenvalue weighted by molar-refractivity contribution is -0.140. The van der Waals surface area contributed by atoms with E-state index in [0.717, 1.165) is 5.56 Å². The second-order valence-corrected chi connectivity index (χ2v) is 8.52. The molecule has 3 nitrogen and oxygen atoms in total. The summed E-state index contributed by atoms with van der Waals surface area (Å²) in [6, 6.07) is 24.7. The molecule has 142 valence electrons. The average Bonchev–Trinajstić information content (AvgIpc) is 3.00. The first-order chi connectivity index (χ1) is 14.1. The number of nitrogens with zero attached hydrogens (tertiary/aromatic N) is 1. The smallest absolute Gasteiger partial charge is 0.234 e. The number of carbonyl (C=O) groups excluding carboxylic acids is 2. The minimum Gasteiger partial charge on any atom is -0.278 e. The maximum atomic E-state index is 13.6. The van der Waals surface area contributed by atoms with Crippen molar-refractivity contribution in [3.05, 3.63) is 106 Å². The molecule has 3 aliphatic carbocycles. The van der Waals surface area contributed by atoms with Gasteiger partial charge in [-0.05, 0) is 34.7 Å². The highest BCUT2D eigenvalue weighted by Crippen LogP contribution is 2.61. The summed E-state index contributed by atoms with van der Waals surface area (Å²) in [4.78, 5) is 28.6. The van der Waals surface area contributed by atoms with Crippen LogP contribution in [0.4, 0.5) is 0 Å². The van der Waals surface area contributed by atoms with Gasteiger partial charge in [0.25, 0.3) is 0 Å². The molecule has 7 rings (SSSR count). The molecule has 1 heterocycles. The van der Waals surface area contributed by atoms with Crippen molar-refractivity contribution >= 4 is 11.8 Å². The van der Waals surface area contributed by atoms with Crippen LogP contribution in [0.1, 0.15) is 45.2 Å². The Balaban J connectivity index is 1.51. The van der Waals surface area contributed by atoms with Gasteiger partial charge in [-0.1, -0.05) is 78.4 Å². The lowest BCUT2D eigenvalue weighted by Crippen LogP contribution is -2.41. The molecule has 1 aliphatic heterocycles. The zero-order valence-corrected chi connectivity index (χ0v) is 16.2. The quantitative estimate of drug-likeness (QED) is 0.620. The Bertz CT molecular complexity index is 1170. The minimum atomic E-state index is -0.291. The van der Waals surface area contributed by atoms with Crippen LogP contribution in [0.2, 0.25) is 0 Å². The van der Waals surface area contributed by atoms with Gasteiger partial charge in [0, 0.05) is 11.8 Å². The van der Waals surface area contributed by atoms with Gasteiger partial charge in [-0.15, -0.1) is 0 Å². The van der Waals surface area contributed by atoms with Crippen molar-refractivity contribution < 1.29 is 9.59 Å². The Hall–Kier alpha value is -3.20. The van der Waals surface area contributed by atoms with Gasteiger partial charge in [-0.2, -0.15) is 0 Å². The summed E-state index contributed by atoms with van der Waals surface area (Å²) in [6.07, 6.45) is 0. The van der Waals surface area contributed by atoms with Crippen LogP contribution in [0.15, 0.2) is 72.8 Å². The van der Waals surface area contributed by atoms with Crippen molar-refractivity contribution in [1.82, 2.24) is 4.90 Å². The predicted octanol–water partition coefficient (Wildman–Crippen LogP) is 4.39. The van der Waals surface area contributed by atoms with Crippen molar-refractivity contribution in [3.63, 3.8) is 0 Å². The maximum Gasteiger partial charge on any atom is 0.234 e. The molecule has 0 radical (unpaired) electrons. The molecule has 1 fully saturated rings. The highest BCUT2D eigenvalue weighted by atomic mass is 16.2. The third-order valence-corrected chi connectivity index (χ3v) is 6.97. The van der Waals surface area contributed by atoms with Crippen LogP contribution in [-0.4, -0.2) is 16.7 Å². The Kier molecular flexibility index (Phi) is 3.40. The number of imide groups is 1. The molecule has 2 bridgehead atoms. The van der Waals surface area contributed by atoms with E-state index in [-0.39, 0.29) is 35.5 Å². The van der Waals surface area contributed by atoms with Gasteiger partial charge < -0.3 is 0 Å². The SMILES string of the molecule is Cc1ccc2c(c1)C1c3ccccc3C2C2C(=O)N(Cc3ccccc3)C(=O)C12. The molecule has 4 aliphatic rings. The number of hydrogen-bond acceptors (Lipinski definition) is 2. The summed E-state index contributed by atoms with van der Waals surface area (Å²) in [5, 5.41) is 0. The molecule has 1 saturated heterocycles. The maximum absolute atomic E-state index is 13.6. The summed E-state index contributed by atoms with van der Waals surface area (Å²) in [5.74, 6) is -0.677. The lowest BCUT2D eigenvalue weighted by atomic mass is 9.55. The second kappa shape index (κ2) is 5.90. The number of rotatable bonds is 2. The molecule has 4 unspecified atom stereocenters. The van der Waals surface area contributed by atoms with Gasteiger partial charge in [0.1, 0.15) is 0 Å². The molecule has 0 saturated carbocycles. The zero-order valence-electron chi connectivity index (χ0n) is 16.2. The first kappa shape index (κ1) is 16.7. The van der Waals surface area contributed by atoms with E-state index in [1.807, 2.05) is 42.5 Å². The third-order valence-electron chi connectivity index (χ3n) is 6.97. The number of hydrogen-bond donors (Lipinski definition) is 0. The number of amides is 2. The number of benzene rings is 3. The Labute approximate surface area is 170 Å². The van der Waals surface area contributed by atoms with Crippen molar-refractivity contribution in [2.75, 3.05) is 0 Å². The van der Waals surface area contributed by atoms with Gasteiger partial charge in [-0.3, -0.25) is 14.5 Å². The van der Waals surface area contributed by atoms with Crippen molar-refractivity contribution in [2.45, 2.75) is 25.3 Å². The zero-order chi connectivity index (χ0) is 19.7. The van der Waals surface area contributed by atoms with E-state index in [9.17, 15) is 9.59 Å². The van der Waals surface area contributed by atoms with E-state index in [2.05, 4.69) is 37.3 Å². The van der Waals surface area contributed by atoms with Gasteiger partial charge >= 0.3 is 0 Å². The third kappa shape index (κ3) is 2.19. The highest BCUT2D eigenvalue weighted by molar-refractivity contribution is 6.07. The first-order valence-corrected chi connectivity index (χ1v) is 10.2. The fourth-order valence-corrected chi connectivity index (χ4v) is 5.83. The van der Waals surface area contributed by atoms with E-state index < -0.39 is 0 Å². The molecule has 4 atom stereocenters. The lowest BCUT2D eigenvalue weighted by Gasteiger charge is -2.46. The van der Waals surface area contributed by atoms with Crippen LogP contribution in [0.5, 0.6) is 0 Å².